The second kappa shape index (κ2) is 4.40. The number of anilines is 1. The van der Waals surface area contributed by atoms with Gasteiger partial charge >= 0.3 is 5.97 Å². The Balaban J connectivity index is 2.32. The molecule has 78 valence electrons. The van der Waals surface area contributed by atoms with E-state index in [9.17, 15) is 4.79 Å². The van der Waals surface area contributed by atoms with Crippen LogP contribution in [0.4, 0.5) is 5.69 Å². The van der Waals surface area contributed by atoms with Crippen molar-refractivity contribution in [3.05, 3.63) is 35.7 Å². The van der Waals surface area contributed by atoms with Gasteiger partial charge in [0.25, 0.3) is 0 Å². The minimum Gasteiger partial charge on any atom is -0.480 e. The van der Waals surface area contributed by atoms with Crippen molar-refractivity contribution in [2.24, 2.45) is 0 Å². The predicted molar refractivity (Wildman–Crippen MR) is 61.3 cm³/mol. The number of carboxylic acid groups (broad SMARTS) is 1. The topological polar surface area (TPSA) is 40.5 Å². The van der Waals surface area contributed by atoms with Crippen LogP contribution < -0.4 is 4.90 Å². The van der Waals surface area contributed by atoms with Crippen LogP contribution in [0.1, 0.15) is 0 Å². The number of fused-ring (bicyclic) bond motifs is 1. The standard InChI is InChI=1S/C11H11NO2S/c13-11(14)8-12-6-3-7-15-10-5-2-1-4-9(10)12/h1-5,7H,6,8H2,(H,13,14). The van der Waals surface area contributed by atoms with Crippen molar-refractivity contribution in [3.8, 4) is 0 Å². The van der Waals surface area contributed by atoms with Crippen molar-refractivity contribution in [2.45, 2.75) is 4.90 Å². The van der Waals surface area contributed by atoms with Gasteiger partial charge in [-0.15, -0.1) is 0 Å². The molecule has 1 aromatic carbocycles. The molecule has 4 heteroatoms. The van der Waals surface area contributed by atoms with Gasteiger partial charge < -0.3 is 10.0 Å². The van der Waals surface area contributed by atoms with Gasteiger partial charge in [-0.25, -0.2) is 0 Å². The molecular formula is C11H11NO2S. The Bertz CT molecular complexity index is 403. The number of benzene rings is 1. The third kappa shape index (κ3) is 2.33. The summed E-state index contributed by atoms with van der Waals surface area (Å²) in [7, 11) is 0. The molecule has 0 bridgehead atoms. The van der Waals surface area contributed by atoms with Crippen LogP contribution in [0, 0.1) is 0 Å². The van der Waals surface area contributed by atoms with Crippen LogP contribution in [0.3, 0.4) is 0 Å². The van der Waals surface area contributed by atoms with Crippen LogP contribution in [0.25, 0.3) is 0 Å². The second-order valence-electron chi connectivity index (χ2n) is 3.23. The fourth-order valence-corrected chi connectivity index (χ4v) is 2.33. The maximum Gasteiger partial charge on any atom is 0.323 e. The molecule has 0 saturated heterocycles. The monoisotopic (exact) mass is 221 g/mol. The summed E-state index contributed by atoms with van der Waals surface area (Å²) in [6.45, 7) is 0.693. The van der Waals surface area contributed by atoms with E-state index in [1.807, 2.05) is 40.6 Å². The predicted octanol–water partition coefficient (Wildman–Crippen LogP) is 2.20. The third-order valence-corrected chi connectivity index (χ3v) is 3.08. The molecule has 15 heavy (non-hydrogen) atoms. The minimum atomic E-state index is -0.801. The molecule has 3 nitrogen and oxygen atoms in total. The molecule has 0 saturated carbocycles. The molecule has 0 unspecified atom stereocenters. The van der Waals surface area contributed by atoms with E-state index in [1.165, 1.54) is 0 Å². The van der Waals surface area contributed by atoms with Gasteiger partial charge in [-0.05, 0) is 17.5 Å². The Hall–Kier alpha value is -1.42. The Kier molecular flexibility index (Phi) is 2.97. The summed E-state index contributed by atoms with van der Waals surface area (Å²) in [5, 5.41) is 10.8. The summed E-state index contributed by atoms with van der Waals surface area (Å²) in [6.07, 6.45) is 1.98. The maximum absolute atomic E-state index is 10.7. The molecule has 0 radical (unpaired) electrons. The highest BCUT2D eigenvalue weighted by molar-refractivity contribution is 8.02. The number of carboxylic acids is 1. The Morgan fingerprint density at radius 1 is 1.47 bits per heavy atom. The first-order valence-electron chi connectivity index (χ1n) is 4.65. The van der Waals surface area contributed by atoms with E-state index >= 15 is 0 Å². The van der Waals surface area contributed by atoms with Gasteiger partial charge in [0.1, 0.15) is 6.54 Å². The smallest absolute Gasteiger partial charge is 0.323 e. The van der Waals surface area contributed by atoms with Crippen LogP contribution in [-0.2, 0) is 4.79 Å². The van der Waals surface area contributed by atoms with Crippen molar-refractivity contribution in [3.63, 3.8) is 0 Å². The zero-order chi connectivity index (χ0) is 10.7. The quantitative estimate of drug-likeness (QED) is 0.831. The molecule has 1 heterocycles. The lowest BCUT2D eigenvalue weighted by Gasteiger charge is -2.21. The molecule has 2 rings (SSSR count). The third-order valence-electron chi connectivity index (χ3n) is 2.15. The van der Waals surface area contributed by atoms with Crippen molar-refractivity contribution in [1.29, 1.82) is 0 Å². The molecule has 0 fully saturated rings. The zero-order valence-electron chi connectivity index (χ0n) is 8.09. The molecule has 0 amide bonds. The normalized spacial score (nSPS) is 14.5. The van der Waals surface area contributed by atoms with Gasteiger partial charge in [-0.2, -0.15) is 0 Å². The highest BCUT2D eigenvalue weighted by atomic mass is 32.2. The van der Waals surface area contributed by atoms with E-state index in [-0.39, 0.29) is 6.54 Å². The zero-order valence-corrected chi connectivity index (χ0v) is 8.91. The molecule has 1 N–H and O–H groups in total. The van der Waals surface area contributed by atoms with Crippen LogP contribution in [0.15, 0.2) is 40.6 Å². The maximum atomic E-state index is 10.7. The van der Waals surface area contributed by atoms with Crippen LogP contribution in [0.2, 0.25) is 0 Å². The number of hydrogen-bond donors (Lipinski definition) is 1. The molecule has 0 aliphatic carbocycles. The fraction of sp³-hybridized carbons (Fsp3) is 0.182. The molecule has 0 atom stereocenters. The van der Waals surface area contributed by atoms with Gasteiger partial charge in [0, 0.05) is 11.4 Å². The van der Waals surface area contributed by atoms with Gasteiger partial charge in [-0.1, -0.05) is 30.0 Å². The summed E-state index contributed by atoms with van der Waals surface area (Å²) in [5.41, 5.74) is 0.995. The molecule has 0 spiro atoms. The number of rotatable bonds is 2. The summed E-state index contributed by atoms with van der Waals surface area (Å²) in [6, 6.07) is 7.85. The largest absolute Gasteiger partial charge is 0.480 e. The molecule has 1 aliphatic rings. The van der Waals surface area contributed by atoms with Gasteiger partial charge in [0.2, 0.25) is 0 Å². The number of carbonyl (C=O) groups is 1. The first-order chi connectivity index (χ1) is 7.27. The van der Waals surface area contributed by atoms with Gasteiger partial charge in [-0.3, -0.25) is 4.79 Å². The number of thioether (sulfide) groups is 1. The first kappa shape index (κ1) is 10.1. The molecule has 1 aromatic rings. The van der Waals surface area contributed by atoms with E-state index in [4.69, 9.17) is 5.11 Å². The number of nitrogens with zero attached hydrogens (tertiary/aromatic N) is 1. The fourth-order valence-electron chi connectivity index (χ4n) is 1.52. The van der Waals surface area contributed by atoms with E-state index in [0.717, 1.165) is 10.6 Å². The lowest BCUT2D eigenvalue weighted by molar-refractivity contribution is -0.135. The summed E-state index contributed by atoms with van der Waals surface area (Å²) < 4.78 is 0. The molecular weight excluding hydrogens is 210 g/mol. The second-order valence-corrected chi connectivity index (χ2v) is 4.18. The first-order valence-corrected chi connectivity index (χ1v) is 5.53. The van der Waals surface area contributed by atoms with Gasteiger partial charge in [0.15, 0.2) is 0 Å². The SMILES string of the molecule is O=C(O)CN1CC=CSc2ccccc21. The Labute approximate surface area is 92.4 Å². The van der Waals surface area contributed by atoms with Crippen molar-refractivity contribution >= 4 is 23.4 Å². The molecule has 1 aliphatic heterocycles. The Morgan fingerprint density at radius 2 is 2.27 bits per heavy atom. The lowest BCUT2D eigenvalue weighted by Crippen LogP contribution is -2.29. The number of aliphatic carboxylic acids is 1. The van der Waals surface area contributed by atoms with E-state index < -0.39 is 5.97 Å². The number of hydrogen-bond acceptors (Lipinski definition) is 3. The van der Waals surface area contributed by atoms with Crippen LogP contribution in [-0.4, -0.2) is 24.2 Å². The Morgan fingerprint density at radius 3 is 3.07 bits per heavy atom. The van der Waals surface area contributed by atoms with E-state index in [0.29, 0.717) is 6.54 Å². The van der Waals surface area contributed by atoms with E-state index in [1.54, 1.807) is 11.8 Å². The van der Waals surface area contributed by atoms with Crippen molar-refractivity contribution in [2.75, 3.05) is 18.0 Å². The number of para-hydroxylation sites is 1. The minimum absolute atomic E-state index is 0.0436. The van der Waals surface area contributed by atoms with Crippen LogP contribution in [0.5, 0.6) is 0 Å². The highest BCUT2D eigenvalue weighted by Gasteiger charge is 2.14. The average molecular weight is 221 g/mol. The van der Waals surface area contributed by atoms with E-state index in [2.05, 4.69) is 0 Å². The van der Waals surface area contributed by atoms with Crippen LogP contribution >= 0.6 is 11.8 Å². The summed E-state index contributed by atoms with van der Waals surface area (Å²) in [4.78, 5) is 13.7. The highest BCUT2D eigenvalue weighted by Crippen LogP contribution is 2.32. The summed E-state index contributed by atoms with van der Waals surface area (Å²) >= 11 is 1.63. The van der Waals surface area contributed by atoms with Crippen molar-refractivity contribution < 1.29 is 9.90 Å². The van der Waals surface area contributed by atoms with Crippen molar-refractivity contribution in [1.82, 2.24) is 0 Å². The average Bonchev–Trinajstić information content (AvgIpc) is 2.41. The summed E-state index contributed by atoms with van der Waals surface area (Å²) in [5.74, 6) is -0.801. The molecule has 0 aromatic heterocycles. The van der Waals surface area contributed by atoms with Gasteiger partial charge in [0.05, 0.1) is 5.69 Å². The lowest BCUT2D eigenvalue weighted by atomic mass is 10.3.